The van der Waals surface area contributed by atoms with Gasteiger partial charge >= 0.3 is 0 Å². The molecule has 0 aromatic carbocycles. The summed E-state index contributed by atoms with van der Waals surface area (Å²) in [6, 6.07) is 0.590. The average molecular weight is 266 g/mol. The predicted octanol–water partition coefficient (Wildman–Crippen LogP) is 2.69. The normalized spacial score (nSPS) is 43.8. The minimum atomic E-state index is 0.142. The molecule has 0 aliphatic heterocycles. The van der Waals surface area contributed by atoms with Crippen molar-refractivity contribution in [3.05, 3.63) is 0 Å². The Kier molecular flexibility index (Phi) is 4.88. The molecule has 2 rings (SSSR count). The van der Waals surface area contributed by atoms with Crippen LogP contribution in [-0.2, 0) is 4.79 Å². The SMILES string of the molecule is CC1CC(N)CC(C(=O)NC2CCCC(C)C2C)C1. The molecule has 2 saturated carbocycles. The molecule has 110 valence electrons. The molecule has 6 unspecified atom stereocenters. The highest BCUT2D eigenvalue weighted by Gasteiger charge is 2.33. The molecule has 0 aromatic heterocycles. The Labute approximate surface area is 117 Å². The lowest BCUT2D eigenvalue weighted by molar-refractivity contribution is -0.128. The smallest absolute Gasteiger partial charge is 0.223 e. The highest BCUT2D eigenvalue weighted by atomic mass is 16.1. The van der Waals surface area contributed by atoms with Crippen molar-refractivity contribution in [2.45, 2.75) is 71.4 Å². The van der Waals surface area contributed by atoms with Gasteiger partial charge in [-0.1, -0.05) is 33.6 Å². The molecule has 19 heavy (non-hydrogen) atoms. The summed E-state index contributed by atoms with van der Waals surface area (Å²) in [4.78, 5) is 12.4. The third kappa shape index (κ3) is 3.71. The van der Waals surface area contributed by atoms with Crippen molar-refractivity contribution in [3.8, 4) is 0 Å². The first-order valence-corrected chi connectivity index (χ1v) is 8.03. The molecular weight excluding hydrogens is 236 g/mol. The second kappa shape index (κ2) is 6.25. The van der Waals surface area contributed by atoms with Crippen LogP contribution in [0.1, 0.15) is 59.3 Å². The van der Waals surface area contributed by atoms with Gasteiger partial charge in [0.1, 0.15) is 0 Å². The van der Waals surface area contributed by atoms with Crippen LogP contribution in [0.5, 0.6) is 0 Å². The lowest BCUT2D eigenvalue weighted by atomic mass is 9.76. The number of nitrogens with one attached hydrogen (secondary N) is 1. The van der Waals surface area contributed by atoms with Crippen molar-refractivity contribution in [1.29, 1.82) is 0 Å². The average Bonchev–Trinajstić information content (AvgIpc) is 2.33. The van der Waals surface area contributed by atoms with Gasteiger partial charge in [0.05, 0.1) is 0 Å². The molecule has 0 bridgehead atoms. The second-order valence-electron chi connectivity index (χ2n) is 7.15. The molecule has 0 heterocycles. The van der Waals surface area contributed by atoms with Gasteiger partial charge < -0.3 is 11.1 Å². The first kappa shape index (κ1) is 14.8. The lowest BCUT2D eigenvalue weighted by Gasteiger charge is -2.37. The summed E-state index contributed by atoms with van der Waals surface area (Å²) in [5, 5.41) is 3.32. The third-order valence-corrected chi connectivity index (χ3v) is 5.38. The van der Waals surface area contributed by atoms with E-state index in [9.17, 15) is 4.79 Å². The van der Waals surface area contributed by atoms with Gasteiger partial charge in [-0.15, -0.1) is 0 Å². The van der Waals surface area contributed by atoms with E-state index in [1.54, 1.807) is 0 Å². The van der Waals surface area contributed by atoms with Crippen LogP contribution in [0.3, 0.4) is 0 Å². The van der Waals surface area contributed by atoms with Gasteiger partial charge in [-0.25, -0.2) is 0 Å². The van der Waals surface area contributed by atoms with Crippen LogP contribution in [-0.4, -0.2) is 18.0 Å². The first-order valence-electron chi connectivity index (χ1n) is 8.03. The van der Waals surface area contributed by atoms with Crippen LogP contribution < -0.4 is 11.1 Å². The highest BCUT2D eigenvalue weighted by Crippen LogP contribution is 2.31. The van der Waals surface area contributed by atoms with Crippen molar-refractivity contribution in [1.82, 2.24) is 5.32 Å². The minimum Gasteiger partial charge on any atom is -0.353 e. The van der Waals surface area contributed by atoms with E-state index in [0.29, 0.717) is 17.9 Å². The summed E-state index contributed by atoms with van der Waals surface area (Å²) in [5.74, 6) is 2.32. The number of hydrogen-bond acceptors (Lipinski definition) is 2. The van der Waals surface area contributed by atoms with E-state index in [1.165, 1.54) is 12.8 Å². The number of hydrogen-bond donors (Lipinski definition) is 2. The van der Waals surface area contributed by atoms with E-state index < -0.39 is 0 Å². The van der Waals surface area contributed by atoms with Gasteiger partial charge in [0.2, 0.25) is 5.91 Å². The number of carbonyl (C=O) groups excluding carboxylic acids is 1. The van der Waals surface area contributed by atoms with E-state index in [2.05, 4.69) is 26.1 Å². The van der Waals surface area contributed by atoms with Crippen molar-refractivity contribution in [2.75, 3.05) is 0 Å². The third-order valence-electron chi connectivity index (χ3n) is 5.38. The fourth-order valence-electron chi connectivity index (χ4n) is 3.96. The van der Waals surface area contributed by atoms with E-state index in [4.69, 9.17) is 5.73 Å². The minimum absolute atomic E-state index is 0.142. The zero-order valence-corrected chi connectivity index (χ0v) is 12.7. The number of amides is 1. The van der Waals surface area contributed by atoms with Crippen LogP contribution in [0, 0.1) is 23.7 Å². The Morgan fingerprint density at radius 3 is 2.53 bits per heavy atom. The molecule has 6 atom stereocenters. The van der Waals surface area contributed by atoms with E-state index in [0.717, 1.165) is 31.6 Å². The lowest BCUT2D eigenvalue weighted by Crippen LogP contribution is -2.48. The largest absolute Gasteiger partial charge is 0.353 e. The zero-order valence-electron chi connectivity index (χ0n) is 12.7. The van der Waals surface area contributed by atoms with Crippen LogP contribution in [0.4, 0.5) is 0 Å². The van der Waals surface area contributed by atoms with Gasteiger partial charge in [0.15, 0.2) is 0 Å². The zero-order chi connectivity index (χ0) is 14.0. The standard InChI is InChI=1S/C16H30N2O/c1-10-7-13(9-14(17)8-10)16(19)18-15-6-4-5-11(2)12(15)3/h10-15H,4-9,17H2,1-3H3,(H,18,19). The van der Waals surface area contributed by atoms with Crippen molar-refractivity contribution < 1.29 is 4.79 Å². The molecular formula is C16H30N2O. The summed E-state index contributed by atoms with van der Waals surface area (Å²) in [6.07, 6.45) is 6.64. The van der Waals surface area contributed by atoms with Gasteiger partial charge in [-0.3, -0.25) is 4.79 Å². The Morgan fingerprint density at radius 2 is 1.84 bits per heavy atom. The summed E-state index contributed by atoms with van der Waals surface area (Å²) in [7, 11) is 0. The van der Waals surface area contributed by atoms with Crippen LogP contribution in [0.15, 0.2) is 0 Å². The van der Waals surface area contributed by atoms with Gasteiger partial charge in [-0.2, -0.15) is 0 Å². The molecule has 2 fully saturated rings. The molecule has 2 aliphatic rings. The fourth-order valence-corrected chi connectivity index (χ4v) is 3.96. The van der Waals surface area contributed by atoms with E-state index in [-0.39, 0.29) is 17.9 Å². The summed E-state index contributed by atoms with van der Waals surface area (Å²) >= 11 is 0. The van der Waals surface area contributed by atoms with Crippen molar-refractivity contribution in [2.24, 2.45) is 29.4 Å². The van der Waals surface area contributed by atoms with Gasteiger partial charge in [0.25, 0.3) is 0 Å². The van der Waals surface area contributed by atoms with Crippen molar-refractivity contribution in [3.63, 3.8) is 0 Å². The maximum Gasteiger partial charge on any atom is 0.223 e. The Bertz CT molecular complexity index is 308. The van der Waals surface area contributed by atoms with Gasteiger partial charge in [-0.05, 0) is 43.4 Å². The van der Waals surface area contributed by atoms with Crippen LogP contribution in [0.25, 0.3) is 0 Å². The van der Waals surface area contributed by atoms with Crippen LogP contribution >= 0.6 is 0 Å². The molecule has 3 N–H and O–H groups in total. The number of rotatable bonds is 2. The molecule has 0 radical (unpaired) electrons. The number of nitrogens with two attached hydrogens (primary N) is 1. The topological polar surface area (TPSA) is 55.1 Å². The van der Waals surface area contributed by atoms with Crippen molar-refractivity contribution >= 4 is 5.91 Å². The molecule has 2 aliphatic carbocycles. The monoisotopic (exact) mass is 266 g/mol. The van der Waals surface area contributed by atoms with Crippen LogP contribution in [0.2, 0.25) is 0 Å². The molecule has 1 amide bonds. The predicted molar refractivity (Wildman–Crippen MR) is 78.6 cm³/mol. The quantitative estimate of drug-likeness (QED) is 0.807. The maximum absolute atomic E-state index is 12.4. The first-order chi connectivity index (χ1) is 8.97. The molecule has 3 nitrogen and oxygen atoms in total. The summed E-state index contributed by atoms with van der Waals surface area (Å²) in [5.41, 5.74) is 6.06. The fraction of sp³-hybridized carbons (Fsp3) is 0.938. The highest BCUT2D eigenvalue weighted by molar-refractivity contribution is 5.79. The van der Waals surface area contributed by atoms with E-state index >= 15 is 0 Å². The Morgan fingerprint density at radius 1 is 1.11 bits per heavy atom. The molecule has 0 aromatic rings. The summed E-state index contributed by atoms with van der Waals surface area (Å²) < 4.78 is 0. The summed E-state index contributed by atoms with van der Waals surface area (Å²) in [6.45, 7) is 6.80. The van der Waals surface area contributed by atoms with Gasteiger partial charge in [0, 0.05) is 18.0 Å². The van der Waals surface area contributed by atoms with E-state index in [1.807, 2.05) is 0 Å². The number of carbonyl (C=O) groups is 1. The maximum atomic E-state index is 12.4. The second-order valence-corrected chi connectivity index (χ2v) is 7.15. The Hall–Kier alpha value is -0.570. The Balaban J connectivity index is 1.89. The molecule has 3 heteroatoms. The molecule has 0 spiro atoms. The molecule has 0 saturated heterocycles.